The van der Waals surface area contributed by atoms with Crippen molar-refractivity contribution in [1.82, 2.24) is 14.5 Å². The lowest BCUT2D eigenvalue weighted by Crippen LogP contribution is -2.28. The largest absolute Gasteiger partial charge is 0.468 e. The molecule has 0 bridgehead atoms. The van der Waals surface area contributed by atoms with Crippen molar-refractivity contribution in [1.29, 1.82) is 0 Å². The van der Waals surface area contributed by atoms with Gasteiger partial charge in [0.05, 0.1) is 25.5 Å². The third-order valence-electron chi connectivity index (χ3n) is 2.84. The number of hydrogen-bond acceptors (Lipinski definition) is 6. The SMILES string of the molecule is COC(=O)CN(C)Cc1cnc(S(C)(=O)=O)n1CC(C)C. The van der Waals surface area contributed by atoms with Gasteiger partial charge in [0, 0.05) is 19.3 Å². The molecule has 0 aliphatic rings. The van der Waals surface area contributed by atoms with Crippen LogP contribution >= 0.6 is 0 Å². The predicted molar refractivity (Wildman–Crippen MR) is 78.5 cm³/mol. The number of nitrogens with zero attached hydrogens (tertiary/aromatic N) is 3. The zero-order valence-electron chi connectivity index (χ0n) is 13.2. The van der Waals surface area contributed by atoms with Gasteiger partial charge in [-0.1, -0.05) is 13.8 Å². The van der Waals surface area contributed by atoms with E-state index in [4.69, 9.17) is 0 Å². The van der Waals surface area contributed by atoms with E-state index in [2.05, 4.69) is 9.72 Å². The molecular weight excluding hydrogens is 294 g/mol. The summed E-state index contributed by atoms with van der Waals surface area (Å²) in [6.45, 7) is 5.13. The smallest absolute Gasteiger partial charge is 0.319 e. The minimum Gasteiger partial charge on any atom is -0.468 e. The Labute approximate surface area is 125 Å². The molecule has 0 saturated carbocycles. The number of esters is 1. The van der Waals surface area contributed by atoms with Crippen LogP contribution in [-0.4, -0.2) is 55.8 Å². The third-order valence-corrected chi connectivity index (χ3v) is 3.83. The first-order chi connectivity index (χ1) is 9.65. The van der Waals surface area contributed by atoms with Crippen molar-refractivity contribution in [2.75, 3.05) is 27.0 Å². The first-order valence-electron chi connectivity index (χ1n) is 6.65. The summed E-state index contributed by atoms with van der Waals surface area (Å²) in [5.74, 6) is -0.0554. The number of sulfone groups is 1. The van der Waals surface area contributed by atoms with Gasteiger partial charge in [-0.25, -0.2) is 13.4 Å². The molecule has 120 valence electrons. The third kappa shape index (κ3) is 5.13. The molecule has 0 aromatic carbocycles. The molecule has 0 unspecified atom stereocenters. The number of rotatable bonds is 7. The Morgan fingerprint density at radius 2 is 2.10 bits per heavy atom. The second-order valence-corrected chi connectivity index (χ2v) is 7.47. The van der Waals surface area contributed by atoms with Crippen LogP contribution in [0, 0.1) is 5.92 Å². The molecule has 8 heteroatoms. The van der Waals surface area contributed by atoms with Crippen LogP contribution in [0.2, 0.25) is 0 Å². The molecule has 0 aliphatic heterocycles. The van der Waals surface area contributed by atoms with Gasteiger partial charge in [-0.05, 0) is 13.0 Å². The van der Waals surface area contributed by atoms with Crippen molar-refractivity contribution in [2.45, 2.75) is 32.1 Å². The number of carbonyl (C=O) groups excluding carboxylic acids is 1. The highest BCUT2D eigenvalue weighted by Gasteiger charge is 2.20. The summed E-state index contributed by atoms with van der Waals surface area (Å²) in [4.78, 5) is 17.0. The van der Waals surface area contributed by atoms with Gasteiger partial charge in [0.1, 0.15) is 0 Å². The Hall–Kier alpha value is -1.41. The highest BCUT2D eigenvalue weighted by molar-refractivity contribution is 7.90. The fourth-order valence-corrected chi connectivity index (χ4v) is 2.83. The second-order valence-electron chi connectivity index (χ2n) is 5.56. The molecule has 0 spiro atoms. The molecule has 1 aromatic heterocycles. The van der Waals surface area contributed by atoms with Gasteiger partial charge in [0.25, 0.3) is 0 Å². The molecule has 0 N–H and O–H groups in total. The highest BCUT2D eigenvalue weighted by Crippen LogP contribution is 2.15. The maximum absolute atomic E-state index is 11.8. The van der Waals surface area contributed by atoms with Crippen LogP contribution in [0.1, 0.15) is 19.5 Å². The summed E-state index contributed by atoms with van der Waals surface area (Å²) in [6.07, 6.45) is 2.70. The molecule has 1 aromatic rings. The first kappa shape index (κ1) is 17.6. The molecular formula is C13H23N3O4S. The van der Waals surface area contributed by atoms with Gasteiger partial charge in [0.15, 0.2) is 0 Å². The molecule has 0 radical (unpaired) electrons. The van der Waals surface area contributed by atoms with Gasteiger partial charge in [0.2, 0.25) is 15.0 Å². The standard InChI is InChI=1S/C13H23N3O4S/c1-10(2)7-16-11(6-14-13(16)21(5,18)19)8-15(3)9-12(17)20-4/h6,10H,7-9H2,1-5H3. The van der Waals surface area contributed by atoms with Crippen molar-refractivity contribution < 1.29 is 17.9 Å². The minimum absolute atomic E-state index is 0.0673. The molecule has 0 atom stereocenters. The van der Waals surface area contributed by atoms with E-state index in [-0.39, 0.29) is 23.6 Å². The van der Waals surface area contributed by atoms with E-state index >= 15 is 0 Å². The molecule has 0 amide bonds. The molecule has 21 heavy (non-hydrogen) atoms. The van der Waals surface area contributed by atoms with Gasteiger partial charge < -0.3 is 9.30 Å². The van der Waals surface area contributed by atoms with E-state index < -0.39 is 9.84 Å². The minimum atomic E-state index is -3.38. The van der Waals surface area contributed by atoms with Gasteiger partial charge in [-0.2, -0.15) is 0 Å². The topological polar surface area (TPSA) is 81.5 Å². The molecule has 0 saturated heterocycles. The second kappa shape index (κ2) is 7.04. The molecule has 0 fully saturated rings. The maximum atomic E-state index is 11.8. The normalized spacial score (nSPS) is 12.1. The predicted octanol–water partition coefficient (Wildman–Crippen LogP) is 0.547. The zero-order valence-corrected chi connectivity index (χ0v) is 14.0. The van der Waals surface area contributed by atoms with Crippen LogP contribution in [0.4, 0.5) is 0 Å². The van der Waals surface area contributed by atoms with Gasteiger partial charge in [-0.3, -0.25) is 9.69 Å². The van der Waals surface area contributed by atoms with E-state index in [0.29, 0.717) is 13.1 Å². The highest BCUT2D eigenvalue weighted by atomic mass is 32.2. The summed E-state index contributed by atoms with van der Waals surface area (Å²) in [6, 6.07) is 0. The number of hydrogen-bond donors (Lipinski definition) is 0. The van der Waals surface area contributed by atoms with Crippen molar-refractivity contribution in [2.24, 2.45) is 5.92 Å². The number of likely N-dealkylation sites (N-methyl/N-ethyl adjacent to an activating group) is 1. The quantitative estimate of drug-likeness (QED) is 0.683. The summed E-state index contributed by atoms with van der Waals surface area (Å²) in [7, 11) is -0.278. The number of methoxy groups -OCH3 is 1. The van der Waals surface area contributed by atoms with E-state index in [1.807, 2.05) is 13.8 Å². The number of carbonyl (C=O) groups is 1. The summed E-state index contributed by atoms with van der Waals surface area (Å²) >= 11 is 0. The van der Waals surface area contributed by atoms with Crippen LogP contribution < -0.4 is 0 Å². The lowest BCUT2D eigenvalue weighted by molar-refractivity contribution is -0.141. The summed E-state index contributed by atoms with van der Waals surface area (Å²) in [5.41, 5.74) is 0.760. The lowest BCUT2D eigenvalue weighted by atomic mass is 10.2. The number of ether oxygens (including phenoxy) is 1. The molecule has 1 rings (SSSR count). The molecule has 7 nitrogen and oxygen atoms in total. The average molecular weight is 317 g/mol. The van der Waals surface area contributed by atoms with Crippen LogP contribution in [0.15, 0.2) is 11.4 Å². The first-order valence-corrected chi connectivity index (χ1v) is 8.54. The fourth-order valence-electron chi connectivity index (χ4n) is 1.99. The molecule has 1 heterocycles. The van der Waals surface area contributed by atoms with Gasteiger partial charge >= 0.3 is 5.97 Å². The Kier molecular flexibility index (Phi) is 5.91. The van der Waals surface area contributed by atoms with Crippen LogP contribution in [0.5, 0.6) is 0 Å². The summed E-state index contributed by atoms with van der Waals surface area (Å²) in [5, 5.41) is 0.0673. The van der Waals surface area contributed by atoms with Crippen LogP contribution in [0.25, 0.3) is 0 Å². The number of aromatic nitrogens is 2. The van der Waals surface area contributed by atoms with Crippen molar-refractivity contribution in [3.63, 3.8) is 0 Å². The monoisotopic (exact) mass is 317 g/mol. The number of imidazole rings is 1. The van der Waals surface area contributed by atoms with Crippen molar-refractivity contribution in [3.8, 4) is 0 Å². The van der Waals surface area contributed by atoms with Crippen molar-refractivity contribution in [3.05, 3.63) is 11.9 Å². The van der Waals surface area contributed by atoms with Crippen molar-refractivity contribution >= 4 is 15.8 Å². The summed E-state index contributed by atoms with van der Waals surface area (Å²) < 4.78 is 29.9. The average Bonchev–Trinajstić information content (AvgIpc) is 2.70. The van der Waals surface area contributed by atoms with Crippen LogP contribution in [0.3, 0.4) is 0 Å². The van der Waals surface area contributed by atoms with E-state index in [9.17, 15) is 13.2 Å². The fraction of sp³-hybridized carbons (Fsp3) is 0.692. The Bertz CT molecular complexity index is 593. The Morgan fingerprint density at radius 1 is 1.48 bits per heavy atom. The molecule has 0 aliphatic carbocycles. The van der Waals surface area contributed by atoms with E-state index in [0.717, 1.165) is 11.9 Å². The van der Waals surface area contributed by atoms with Gasteiger partial charge in [-0.15, -0.1) is 0 Å². The van der Waals surface area contributed by atoms with E-state index in [1.165, 1.54) is 7.11 Å². The van der Waals surface area contributed by atoms with E-state index in [1.54, 1.807) is 22.7 Å². The van der Waals surface area contributed by atoms with Crippen LogP contribution in [-0.2, 0) is 32.5 Å². The Balaban J connectivity index is 3.02. The Morgan fingerprint density at radius 3 is 2.57 bits per heavy atom. The lowest BCUT2D eigenvalue weighted by Gasteiger charge is -2.18. The maximum Gasteiger partial charge on any atom is 0.319 e. The zero-order chi connectivity index (χ0) is 16.2.